The summed E-state index contributed by atoms with van der Waals surface area (Å²) in [6.07, 6.45) is 1.17. The number of esters is 2. The minimum absolute atomic E-state index is 0.0197. The average Bonchev–Trinajstić information content (AvgIpc) is 1.87. The zero-order valence-corrected chi connectivity index (χ0v) is 6.62. The lowest BCUT2D eigenvalue weighted by atomic mass is 10.5. The molecule has 0 N–H and O–H groups in total. The first-order valence-corrected chi connectivity index (χ1v) is 3.30. The van der Waals surface area contributed by atoms with Crippen LogP contribution in [0.3, 0.4) is 0 Å². The Kier molecular flexibility index (Phi) is 5.15. The summed E-state index contributed by atoms with van der Waals surface area (Å²) in [5.41, 5.74) is 0. The van der Waals surface area contributed by atoms with Crippen molar-refractivity contribution in [2.45, 2.75) is 13.8 Å². The lowest BCUT2D eigenvalue weighted by molar-refractivity contribution is -0.143. The molecule has 0 rings (SSSR count). The molecule has 0 spiro atoms. The average molecular weight is 159 g/mol. The topological polar surface area (TPSA) is 52.6 Å². The highest BCUT2D eigenvalue weighted by Gasteiger charge is 2.02. The van der Waals surface area contributed by atoms with Crippen molar-refractivity contribution in [3.05, 3.63) is 6.42 Å². The van der Waals surface area contributed by atoms with Crippen LogP contribution >= 0.6 is 0 Å². The number of rotatable bonds is 4. The standard InChI is InChI=1S/C7H11O4/c1-3-10-7(9)4-5-11-6(2)8/h4H,3,5H2,1-2H3. The van der Waals surface area contributed by atoms with Crippen LogP contribution in [0.25, 0.3) is 0 Å². The summed E-state index contributed by atoms with van der Waals surface area (Å²) >= 11 is 0. The third kappa shape index (κ3) is 6.83. The molecule has 0 aromatic carbocycles. The minimum atomic E-state index is -0.464. The van der Waals surface area contributed by atoms with E-state index in [-0.39, 0.29) is 6.61 Å². The van der Waals surface area contributed by atoms with Gasteiger partial charge in [0, 0.05) is 6.92 Å². The maximum absolute atomic E-state index is 10.6. The summed E-state index contributed by atoms with van der Waals surface area (Å²) in [6, 6.07) is 0. The van der Waals surface area contributed by atoms with Crippen molar-refractivity contribution in [2.24, 2.45) is 0 Å². The predicted molar refractivity (Wildman–Crippen MR) is 37.6 cm³/mol. The molecule has 1 radical (unpaired) electrons. The van der Waals surface area contributed by atoms with E-state index in [2.05, 4.69) is 9.47 Å². The zero-order chi connectivity index (χ0) is 8.69. The van der Waals surface area contributed by atoms with E-state index in [4.69, 9.17) is 0 Å². The fraction of sp³-hybridized carbons (Fsp3) is 0.571. The second kappa shape index (κ2) is 5.70. The van der Waals surface area contributed by atoms with Gasteiger partial charge < -0.3 is 9.47 Å². The van der Waals surface area contributed by atoms with Gasteiger partial charge in [0.1, 0.15) is 13.0 Å². The largest absolute Gasteiger partial charge is 0.466 e. The van der Waals surface area contributed by atoms with Crippen molar-refractivity contribution in [1.29, 1.82) is 0 Å². The molecule has 0 heterocycles. The Bertz CT molecular complexity index is 141. The van der Waals surface area contributed by atoms with E-state index in [1.165, 1.54) is 13.3 Å². The number of hydrogen-bond acceptors (Lipinski definition) is 4. The zero-order valence-electron chi connectivity index (χ0n) is 6.62. The van der Waals surface area contributed by atoms with Crippen LogP contribution < -0.4 is 0 Å². The van der Waals surface area contributed by atoms with Gasteiger partial charge in [-0.25, -0.2) is 0 Å². The first-order chi connectivity index (χ1) is 5.16. The molecule has 63 valence electrons. The molecule has 0 saturated carbocycles. The fourth-order valence-corrected chi connectivity index (χ4v) is 0.428. The lowest BCUT2D eigenvalue weighted by Crippen LogP contribution is -2.10. The highest BCUT2D eigenvalue weighted by atomic mass is 16.5. The predicted octanol–water partition coefficient (Wildman–Crippen LogP) is 0.317. The molecule has 0 aliphatic heterocycles. The Morgan fingerprint density at radius 2 is 2.00 bits per heavy atom. The summed E-state index contributed by atoms with van der Waals surface area (Å²) in [6.45, 7) is 3.29. The van der Waals surface area contributed by atoms with Gasteiger partial charge in [-0.3, -0.25) is 9.59 Å². The molecule has 0 aromatic rings. The quantitative estimate of drug-likeness (QED) is 0.554. The molecule has 0 saturated heterocycles. The molecule has 0 aliphatic rings. The smallest absolute Gasteiger partial charge is 0.313 e. The molecule has 0 aliphatic carbocycles. The van der Waals surface area contributed by atoms with E-state index in [1.54, 1.807) is 6.92 Å². The summed E-state index contributed by atoms with van der Waals surface area (Å²) in [7, 11) is 0. The number of carbonyl (C=O) groups is 2. The monoisotopic (exact) mass is 159 g/mol. The minimum Gasteiger partial charge on any atom is -0.466 e. The second-order valence-electron chi connectivity index (χ2n) is 1.76. The highest BCUT2D eigenvalue weighted by molar-refractivity contribution is 5.79. The van der Waals surface area contributed by atoms with Crippen LogP contribution in [0.1, 0.15) is 13.8 Å². The van der Waals surface area contributed by atoms with Crippen LogP contribution in [0.5, 0.6) is 0 Å². The normalized spacial score (nSPS) is 8.91. The van der Waals surface area contributed by atoms with Gasteiger partial charge in [0.2, 0.25) is 0 Å². The van der Waals surface area contributed by atoms with Gasteiger partial charge in [-0.05, 0) is 6.92 Å². The van der Waals surface area contributed by atoms with E-state index in [0.717, 1.165) is 0 Å². The van der Waals surface area contributed by atoms with Gasteiger partial charge in [-0.2, -0.15) is 0 Å². The molecular formula is C7H11O4. The van der Waals surface area contributed by atoms with E-state index in [9.17, 15) is 9.59 Å². The van der Waals surface area contributed by atoms with E-state index < -0.39 is 11.9 Å². The lowest BCUT2D eigenvalue weighted by Gasteiger charge is -2.00. The Morgan fingerprint density at radius 1 is 1.36 bits per heavy atom. The summed E-state index contributed by atoms with van der Waals surface area (Å²) in [5.74, 6) is -0.876. The van der Waals surface area contributed by atoms with Gasteiger partial charge in [-0.1, -0.05) is 0 Å². The Labute approximate surface area is 65.5 Å². The molecule has 0 bridgehead atoms. The van der Waals surface area contributed by atoms with Crippen LogP contribution in [0, 0.1) is 6.42 Å². The first-order valence-electron chi connectivity index (χ1n) is 3.30. The molecular weight excluding hydrogens is 148 g/mol. The molecule has 4 heteroatoms. The van der Waals surface area contributed by atoms with E-state index >= 15 is 0 Å². The van der Waals surface area contributed by atoms with Gasteiger partial charge >= 0.3 is 11.9 Å². The van der Waals surface area contributed by atoms with Crippen molar-refractivity contribution in [2.75, 3.05) is 13.2 Å². The Hall–Kier alpha value is -1.06. The van der Waals surface area contributed by atoms with Crippen LogP contribution in [0.15, 0.2) is 0 Å². The number of hydrogen-bond donors (Lipinski definition) is 0. The van der Waals surface area contributed by atoms with Crippen molar-refractivity contribution in [3.8, 4) is 0 Å². The Morgan fingerprint density at radius 3 is 2.45 bits per heavy atom. The van der Waals surface area contributed by atoms with Gasteiger partial charge in [-0.15, -0.1) is 0 Å². The third-order valence-corrected chi connectivity index (χ3v) is 0.823. The van der Waals surface area contributed by atoms with Crippen LogP contribution in [0.4, 0.5) is 0 Å². The number of carbonyl (C=O) groups excluding carboxylic acids is 2. The molecule has 0 atom stereocenters. The molecule has 0 aromatic heterocycles. The summed E-state index contributed by atoms with van der Waals surface area (Å²) in [4.78, 5) is 20.7. The highest BCUT2D eigenvalue weighted by Crippen LogP contribution is 1.86. The van der Waals surface area contributed by atoms with E-state index in [0.29, 0.717) is 6.61 Å². The van der Waals surface area contributed by atoms with Crippen LogP contribution in [0.2, 0.25) is 0 Å². The van der Waals surface area contributed by atoms with E-state index in [1.807, 2.05) is 0 Å². The molecule has 0 unspecified atom stereocenters. The van der Waals surface area contributed by atoms with Crippen LogP contribution in [-0.4, -0.2) is 25.2 Å². The van der Waals surface area contributed by atoms with Crippen molar-refractivity contribution in [3.63, 3.8) is 0 Å². The van der Waals surface area contributed by atoms with Crippen molar-refractivity contribution < 1.29 is 19.1 Å². The molecule has 4 nitrogen and oxygen atoms in total. The van der Waals surface area contributed by atoms with Crippen molar-refractivity contribution >= 4 is 11.9 Å². The van der Waals surface area contributed by atoms with Gasteiger partial charge in [0.15, 0.2) is 0 Å². The molecule has 11 heavy (non-hydrogen) atoms. The molecule has 0 fully saturated rings. The second-order valence-corrected chi connectivity index (χ2v) is 1.76. The maximum Gasteiger partial charge on any atom is 0.313 e. The maximum atomic E-state index is 10.6. The first kappa shape index (κ1) is 9.94. The Balaban J connectivity index is 3.24. The van der Waals surface area contributed by atoms with Gasteiger partial charge in [0.05, 0.1) is 6.61 Å². The van der Waals surface area contributed by atoms with Crippen molar-refractivity contribution in [1.82, 2.24) is 0 Å². The van der Waals surface area contributed by atoms with Gasteiger partial charge in [0.25, 0.3) is 0 Å². The fourth-order valence-electron chi connectivity index (χ4n) is 0.428. The number of ether oxygens (including phenoxy) is 2. The summed E-state index contributed by atoms with van der Waals surface area (Å²) < 4.78 is 9.00. The molecule has 0 amide bonds. The SMILES string of the molecule is CCOC(=O)[CH]COC(C)=O. The third-order valence-electron chi connectivity index (χ3n) is 0.823. The summed E-state index contributed by atoms with van der Waals surface area (Å²) in [5, 5.41) is 0. The van der Waals surface area contributed by atoms with Crippen LogP contribution in [-0.2, 0) is 19.1 Å².